The lowest BCUT2D eigenvalue weighted by molar-refractivity contribution is 0.632. The van der Waals surface area contributed by atoms with Gasteiger partial charge in [0.1, 0.15) is 0 Å². The number of rotatable bonds is 3. The van der Waals surface area contributed by atoms with Crippen LogP contribution in [-0.2, 0) is 10.8 Å². The minimum Gasteiger partial charge on any atom is -0.311 e. The van der Waals surface area contributed by atoms with Crippen LogP contribution in [0.3, 0.4) is 0 Å². The molecule has 8 aliphatic heterocycles. The second kappa shape index (κ2) is 17.3. The fraction of sp³-hybridized carbons (Fsp3) is 0.100. The van der Waals surface area contributed by atoms with Crippen LogP contribution in [0.1, 0.15) is 61.1 Å². The van der Waals surface area contributed by atoms with Crippen LogP contribution in [0.25, 0.3) is 33.4 Å². The molecule has 4 nitrogen and oxygen atoms in total. The number of nitrogens with zero attached hydrogens (tertiary/aromatic N) is 4. The van der Waals surface area contributed by atoms with Crippen molar-refractivity contribution >= 4 is 138 Å². The standard InChI is InChI=1S/C80H56B2N4S2/c1-45-20-7-8-21-51(45)49-41-65-74-66(42-49)84-62-29-12-10-23-54(62)80(5,6)56-39-48(40-60(76(56)84)82(74)57-25-17-24-55-75(57)83(65)61-28-11-9-22-53(61)79(55,3)4)47-37-36-46(2)52(38-47)50-43-67-73-68(44-50)86-64-31-14-16-33-70(64)88-72-35-19-27-59(78(72)86)81(73)58-26-18-34-71-77(58)85(67)63-30-13-15-32-69(63)87-71/h7-44H,1-6H3. The minimum absolute atomic E-state index is 0.0440. The van der Waals surface area contributed by atoms with Gasteiger partial charge in [0.15, 0.2) is 0 Å². The first-order valence-electron chi connectivity index (χ1n) is 31.1. The predicted molar refractivity (Wildman–Crippen MR) is 373 cm³/mol. The molecule has 8 heterocycles. The smallest absolute Gasteiger partial charge is 0.252 e. The Morgan fingerprint density at radius 2 is 0.705 bits per heavy atom. The van der Waals surface area contributed by atoms with Crippen molar-refractivity contribution in [2.75, 3.05) is 19.6 Å². The molecule has 0 saturated heterocycles. The molecule has 414 valence electrons. The monoisotopic (exact) mass is 1160 g/mol. The third-order valence-electron chi connectivity index (χ3n) is 21.2. The number of aryl methyl sites for hydroxylation is 2. The molecule has 0 atom stereocenters. The fourth-order valence-corrected chi connectivity index (χ4v) is 19.4. The number of para-hydroxylation sites is 7. The van der Waals surface area contributed by atoms with Gasteiger partial charge < -0.3 is 19.6 Å². The maximum Gasteiger partial charge on any atom is 0.252 e. The molecule has 0 aromatic heterocycles. The average molecular weight is 1160 g/mol. The molecule has 12 aromatic rings. The summed E-state index contributed by atoms with van der Waals surface area (Å²) >= 11 is 3.81. The van der Waals surface area contributed by atoms with E-state index in [1.54, 1.807) is 0 Å². The molecule has 0 aliphatic carbocycles. The third-order valence-corrected chi connectivity index (χ3v) is 23.4. The van der Waals surface area contributed by atoms with Gasteiger partial charge in [0.05, 0.1) is 34.1 Å². The van der Waals surface area contributed by atoms with Gasteiger partial charge in [-0.2, -0.15) is 0 Å². The van der Waals surface area contributed by atoms with E-state index < -0.39 is 0 Å². The predicted octanol–water partition coefficient (Wildman–Crippen LogP) is 17.7. The lowest BCUT2D eigenvalue weighted by Crippen LogP contribution is -2.63. The van der Waals surface area contributed by atoms with E-state index in [4.69, 9.17) is 0 Å². The Kier molecular flexibility index (Phi) is 9.75. The van der Waals surface area contributed by atoms with Gasteiger partial charge >= 0.3 is 0 Å². The van der Waals surface area contributed by atoms with Crippen LogP contribution in [0.15, 0.2) is 250 Å². The summed E-state index contributed by atoms with van der Waals surface area (Å²) in [6.45, 7) is 14.4. The van der Waals surface area contributed by atoms with Gasteiger partial charge in [-0.15, -0.1) is 0 Å². The maximum atomic E-state index is 2.68. The molecule has 0 amide bonds. The maximum absolute atomic E-state index is 2.68. The second-order valence-corrected chi connectivity index (χ2v) is 28.6. The Bertz CT molecular complexity index is 5070. The molecule has 12 aromatic carbocycles. The molecule has 0 spiro atoms. The van der Waals surface area contributed by atoms with E-state index in [0.717, 1.165) is 0 Å². The van der Waals surface area contributed by atoms with Gasteiger partial charge in [-0.25, -0.2) is 0 Å². The highest BCUT2D eigenvalue weighted by molar-refractivity contribution is 8.00. The average Bonchev–Trinajstić information content (AvgIpc) is 0.721. The van der Waals surface area contributed by atoms with Crippen molar-refractivity contribution in [1.82, 2.24) is 0 Å². The molecule has 88 heavy (non-hydrogen) atoms. The molecule has 0 fully saturated rings. The number of hydrogen-bond acceptors (Lipinski definition) is 6. The fourth-order valence-electron chi connectivity index (χ4n) is 17.2. The van der Waals surface area contributed by atoms with Crippen molar-refractivity contribution in [3.8, 4) is 33.4 Å². The van der Waals surface area contributed by atoms with Gasteiger partial charge in [0.2, 0.25) is 0 Å². The molecule has 0 saturated carbocycles. The summed E-state index contributed by atoms with van der Waals surface area (Å²) in [5.41, 5.74) is 38.2. The zero-order valence-corrected chi connectivity index (χ0v) is 51.3. The first-order chi connectivity index (χ1) is 43.0. The van der Waals surface area contributed by atoms with E-state index >= 15 is 0 Å². The summed E-state index contributed by atoms with van der Waals surface area (Å²) in [5.74, 6) is 0. The largest absolute Gasteiger partial charge is 0.311 e. The van der Waals surface area contributed by atoms with Crippen molar-refractivity contribution in [3.05, 3.63) is 264 Å². The van der Waals surface area contributed by atoms with Crippen molar-refractivity contribution in [2.45, 2.75) is 72.0 Å². The van der Waals surface area contributed by atoms with E-state index in [0.29, 0.717) is 0 Å². The number of hydrogen-bond donors (Lipinski definition) is 0. The second-order valence-electron chi connectivity index (χ2n) is 26.4. The summed E-state index contributed by atoms with van der Waals surface area (Å²) in [6, 6.07) is 89.4. The number of anilines is 12. The first kappa shape index (κ1) is 49.7. The Labute approximate surface area is 523 Å². The zero-order valence-electron chi connectivity index (χ0n) is 49.7. The van der Waals surface area contributed by atoms with Crippen molar-refractivity contribution in [1.29, 1.82) is 0 Å². The summed E-state index contributed by atoms with van der Waals surface area (Å²) in [7, 11) is 0. The van der Waals surface area contributed by atoms with Crippen LogP contribution in [0.4, 0.5) is 68.2 Å². The molecule has 0 unspecified atom stereocenters. The zero-order chi connectivity index (χ0) is 58.4. The number of fused-ring (bicyclic) bond motifs is 16. The highest BCUT2D eigenvalue weighted by Crippen LogP contribution is 2.61. The molecule has 8 heteroatoms. The van der Waals surface area contributed by atoms with Crippen LogP contribution in [0.2, 0.25) is 0 Å². The van der Waals surface area contributed by atoms with Crippen LogP contribution < -0.4 is 52.4 Å². The minimum atomic E-state index is -0.333. The van der Waals surface area contributed by atoms with Gasteiger partial charge in [-0.3, -0.25) is 0 Å². The van der Waals surface area contributed by atoms with E-state index in [-0.39, 0.29) is 24.3 Å². The van der Waals surface area contributed by atoms with Crippen molar-refractivity contribution < 1.29 is 0 Å². The normalized spacial score (nSPS) is 15.8. The first-order valence-corrected chi connectivity index (χ1v) is 32.7. The summed E-state index contributed by atoms with van der Waals surface area (Å²) < 4.78 is 0. The van der Waals surface area contributed by atoms with Gasteiger partial charge in [0.25, 0.3) is 13.4 Å². The molecular weight excluding hydrogens is 1100 g/mol. The third kappa shape index (κ3) is 6.27. The van der Waals surface area contributed by atoms with Crippen LogP contribution in [0.5, 0.6) is 0 Å². The highest BCUT2D eigenvalue weighted by Gasteiger charge is 2.52. The highest BCUT2D eigenvalue weighted by atomic mass is 32.2. The SMILES string of the molecule is Cc1ccccc1-c1cc2c3c(c1)N1c4ccccc4C(C)(C)c4cc(-c5ccc(C)c(-c6cc7c8c(c6)N6c9ccccc9Sc9cccc(c96)B8c6cccc8c6N7c6ccccc6S8)c5)cc(c41)B3c1cccc3c1N2c1ccccc1C3(C)C. The van der Waals surface area contributed by atoms with E-state index in [1.165, 1.54) is 187 Å². The van der Waals surface area contributed by atoms with Crippen LogP contribution in [0, 0.1) is 13.8 Å². The molecule has 0 radical (unpaired) electrons. The lowest BCUT2D eigenvalue weighted by atomic mass is 9.32. The van der Waals surface area contributed by atoms with Gasteiger partial charge in [-0.1, -0.05) is 197 Å². The quantitative estimate of drug-likeness (QED) is 0.162. The van der Waals surface area contributed by atoms with Gasteiger partial charge in [-0.05, 0) is 198 Å². The van der Waals surface area contributed by atoms with Crippen LogP contribution >= 0.6 is 23.5 Å². The van der Waals surface area contributed by atoms with E-state index in [2.05, 4.69) is 292 Å². The molecule has 20 rings (SSSR count). The summed E-state index contributed by atoms with van der Waals surface area (Å²) in [5, 5.41) is 0. The van der Waals surface area contributed by atoms with Crippen molar-refractivity contribution in [3.63, 3.8) is 0 Å². The Balaban J connectivity index is 0.846. The molecule has 0 N–H and O–H groups in total. The van der Waals surface area contributed by atoms with E-state index in [1.807, 2.05) is 23.5 Å². The van der Waals surface area contributed by atoms with Gasteiger partial charge in [0, 0.05) is 64.5 Å². The Hall–Kier alpha value is -9.33. The Morgan fingerprint density at radius 3 is 1.28 bits per heavy atom. The topological polar surface area (TPSA) is 13.0 Å². The van der Waals surface area contributed by atoms with Crippen LogP contribution in [-0.4, -0.2) is 13.4 Å². The molecule has 0 bridgehead atoms. The van der Waals surface area contributed by atoms with Crippen molar-refractivity contribution in [2.24, 2.45) is 0 Å². The lowest BCUT2D eigenvalue weighted by Gasteiger charge is -2.52. The molecular formula is C80H56B2N4S2. The molecule has 8 aliphatic rings. The number of benzene rings is 12. The van der Waals surface area contributed by atoms with E-state index in [9.17, 15) is 0 Å². The summed E-state index contributed by atoms with van der Waals surface area (Å²) in [6.07, 6.45) is 0. The summed E-state index contributed by atoms with van der Waals surface area (Å²) in [4.78, 5) is 15.7. The Morgan fingerprint density at radius 1 is 0.284 bits per heavy atom.